The minimum Gasteiger partial charge on any atom is -0.341 e. The van der Waals surface area contributed by atoms with Gasteiger partial charge in [0.15, 0.2) is 0 Å². The van der Waals surface area contributed by atoms with Crippen molar-refractivity contribution in [2.45, 2.75) is 5.75 Å². The largest absolute Gasteiger partial charge is 0.341 e. The number of nitrogens with one attached hydrogen (secondary N) is 1. The third-order valence-corrected chi connectivity index (χ3v) is 3.14. The average molecular weight is 240 g/mol. The van der Waals surface area contributed by atoms with E-state index in [1.807, 2.05) is 6.20 Å². The Morgan fingerprint density at radius 2 is 1.88 bits per heavy atom. The third kappa shape index (κ3) is 1.94. The van der Waals surface area contributed by atoms with Crippen molar-refractivity contribution >= 4 is 23.4 Å². The number of thiol groups is 1. The van der Waals surface area contributed by atoms with Crippen LogP contribution in [0.15, 0.2) is 48.7 Å². The van der Waals surface area contributed by atoms with Crippen molar-refractivity contribution in [1.29, 1.82) is 0 Å². The highest BCUT2D eigenvalue weighted by molar-refractivity contribution is 7.79. The zero-order valence-electron chi connectivity index (χ0n) is 9.22. The predicted molar refractivity (Wildman–Crippen MR) is 74.2 cm³/mol. The predicted octanol–water partition coefficient (Wildman–Crippen LogP) is 3.66. The first-order valence-corrected chi connectivity index (χ1v) is 6.14. The molecule has 0 aliphatic rings. The Morgan fingerprint density at radius 3 is 2.65 bits per heavy atom. The van der Waals surface area contributed by atoms with Crippen LogP contribution in [0.3, 0.4) is 0 Å². The molecule has 0 bridgehead atoms. The molecule has 2 aromatic carbocycles. The summed E-state index contributed by atoms with van der Waals surface area (Å²) in [4.78, 5) is 7.52. The van der Waals surface area contributed by atoms with Crippen LogP contribution in [0.5, 0.6) is 0 Å². The molecule has 0 aliphatic carbocycles. The van der Waals surface area contributed by atoms with Crippen LogP contribution in [0.2, 0.25) is 0 Å². The number of nitrogens with zero attached hydrogens (tertiary/aromatic N) is 1. The minimum atomic E-state index is 0.633. The van der Waals surface area contributed by atoms with E-state index in [1.54, 1.807) is 0 Å². The van der Waals surface area contributed by atoms with E-state index < -0.39 is 0 Å². The number of fused-ring (bicyclic) bond motifs is 1. The first-order valence-electron chi connectivity index (χ1n) is 5.51. The highest BCUT2D eigenvalue weighted by Gasteiger charge is 2.02. The molecule has 0 saturated heterocycles. The maximum absolute atomic E-state index is 4.26. The highest BCUT2D eigenvalue weighted by atomic mass is 32.1. The van der Waals surface area contributed by atoms with Crippen molar-refractivity contribution < 1.29 is 0 Å². The van der Waals surface area contributed by atoms with Gasteiger partial charge in [0, 0.05) is 11.3 Å². The zero-order chi connectivity index (χ0) is 11.7. The topological polar surface area (TPSA) is 28.7 Å². The van der Waals surface area contributed by atoms with Crippen molar-refractivity contribution in [1.82, 2.24) is 9.97 Å². The molecule has 17 heavy (non-hydrogen) atoms. The number of H-pyrrole nitrogens is 1. The summed E-state index contributed by atoms with van der Waals surface area (Å²) in [5.74, 6) is 1.53. The fourth-order valence-corrected chi connectivity index (χ4v) is 2.11. The zero-order valence-corrected chi connectivity index (χ0v) is 10.1. The fraction of sp³-hybridized carbons (Fsp3) is 0.0714. The van der Waals surface area contributed by atoms with E-state index >= 15 is 0 Å². The smallest absolute Gasteiger partial charge is 0.116 e. The molecular weight excluding hydrogens is 228 g/mol. The quantitative estimate of drug-likeness (QED) is 0.657. The summed E-state index contributed by atoms with van der Waals surface area (Å²) in [6.07, 6.45) is 1.86. The Bertz CT molecular complexity index is 658. The van der Waals surface area contributed by atoms with Crippen LogP contribution >= 0.6 is 12.6 Å². The van der Waals surface area contributed by atoms with E-state index in [0.29, 0.717) is 5.75 Å². The molecule has 0 spiro atoms. The SMILES string of the molecule is SCc1ncc(-c2ccc3ccccc3c2)[nH]1. The lowest BCUT2D eigenvalue weighted by molar-refractivity contribution is 1.13. The second-order valence-electron chi connectivity index (χ2n) is 3.96. The lowest BCUT2D eigenvalue weighted by Gasteiger charge is -2.01. The average Bonchev–Trinajstić information content (AvgIpc) is 2.87. The van der Waals surface area contributed by atoms with E-state index in [2.05, 4.69) is 65.1 Å². The van der Waals surface area contributed by atoms with Gasteiger partial charge in [-0.2, -0.15) is 12.6 Å². The maximum atomic E-state index is 4.26. The fourth-order valence-electron chi connectivity index (χ4n) is 1.95. The summed E-state index contributed by atoms with van der Waals surface area (Å²) < 4.78 is 0. The Morgan fingerprint density at radius 1 is 1.06 bits per heavy atom. The molecule has 1 N–H and O–H groups in total. The van der Waals surface area contributed by atoms with Crippen molar-refractivity contribution in [2.24, 2.45) is 0 Å². The molecule has 84 valence electrons. The molecule has 0 saturated carbocycles. The molecule has 1 heterocycles. The molecule has 0 fully saturated rings. The van der Waals surface area contributed by atoms with Gasteiger partial charge in [0.05, 0.1) is 11.9 Å². The van der Waals surface area contributed by atoms with Crippen LogP contribution in [0, 0.1) is 0 Å². The number of imidazole rings is 1. The molecule has 0 aliphatic heterocycles. The maximum Gasteiger partial charge on any atom is 0.116 e. The second kappa shape index (κ2) is 4.26. The Labute approximate surface area is 105 Å². The van der Waals surface area contributed by atoms with Crippen LogP contribution in [0.1, 0.15) is 5.82 Å². The van der Waals surface area contributed by atoms with Gasteiger partial charge in [0.1, 0.15) is 5.82 Å². The molecule has 0 amide bonds. The highest BCUT2D eigenvalue weighted by Crippen LogP contribution is 2.23. The summed E-state index contributed by atoms with van der Waals surface area (Å²) in [6.45, 7) is 0. The number of hydrogen-bond donors (Lipinski definition) is 2. The molecule has 0 radical (unpaired) electrons. The molecule has 2 nitrogen and oxygen atoms in total. The van der Waals surface area contributed by atoms with Crippen molar-refractivity contribution in [2.75, 3.05) is 0 Å². The van der Waals surface area contributed by atoms with Crippen LogP contribution in [0.4, 0.5) is 0 Å². The van der Waals surface area contributed by atoms with E-state index in [4.69, 9.17) is 0 Å². The normalized spacial score (nSPS) is 10.9. The van der Waals surface area contributed by atoms with E-state index in [-0.39, 0.29) is 0 Å². The van der Waals surface area contributed by atoms with Crippen molar-refractivity contribution in [3.05, 3.63) is 54.5 Å². The van der Waals surface area contributed by atoms with Crippen LogP contribution in [0.25, 0.3) is 22.0 Å². The molecular formula is C14H12N2S. The number of aromatic amines is 1. The van der Waals surface area contributed by atoms with Gasteiger partial charge in [-0.15, -0.1) is 0 Å². The molecule has 0 atom stereocenters. The Kier molecular flexibility index (Phi) is 2.61. The number of aromatic nitrogens is 2. The lowest BCUT2D eigenvalue weighted by atomic mass is 10.1. The first kappa shape index (κ1) is 10.4. The van der Waals surface area contributed by atoms with Gasteiger partial charge in [-0.25, -0.2) is 4.98 Å². The van der Waals surface area contributed by atoms with Crippen LogP contribution in [-0.2, 0) is 5.75 Å². The second-order valence-corrected chi connectivity index (χ2v) is 4.28. The molecule has 0 unspecified atom stereocenters. The van der Waals surface area contributed by atoms with Crippen LogP contribution < -0.4 is 0 Å². The molecule has 3 aromatic rings. The van der Waals surface area contributed by atoms with E-state index in [9.17, 15) is 0 Å². The summed E-state index contributed by atoms with van der Waals surface area (Å²) in [7, 11) is 0. The van der Waals surface area contributed by atoms with Crippen molar-refractivity contribution in [3.8, 4) is 11.3 Å². The molecule has 3 rings (SSSR count). The minimum absolute atomic E-state index is 0.633. The summed E-state index contributed by atoms with van der Waals surface area (Å²) in [6, 6.07) is 14.8. The van der Waals surface area contributed by atoms with Gasteiger partial charge in [-0.3, -0.25) is 0 Å². The van der Waals surface area contributed by atoms with Gasteiger partial charge in [-0.05, 0) is 16.8 Å². The van der Waals surface area contributed by atoms with Gasteiger partial charge in [0.25, 0.3) is 0 Å². The van der Waals surface area contributed by atoms with E-state index in [0.717, 1.165) is 17.1 Å². The van der Waals surface area contributed by atoms with Gasteiger partial charge >= 0.3 is 0 Å². The van der Waals surface area contributed by atoms with Gasteiger partial charge in [0.2, 0.25) is 0 Å². The third-order valence-electron chi connectivity index (χ3n) is 2.84. The summed E-state index contributed by atoms with van der Waals surface area (Å²) in [5, 5.41) is 2.50. The van der Waals surface area contributed by atoms with Gasteiger partial charge in [-0.1, -0.05) is 36.4 Å². The Balaban J connectivity index is 2.11. The molecule has 1 aromatic heterocycles. The van der Waals surface area contributed by atoms with Crippen molar-refractivity contribution in [3.63, 3.8) is 0 Å². The lowest BCUT2D eigenvalue weighted by Crippen LogP contribution is -1.81. The standard InChI is InChI=1S/C14H12N2S/c17-9-14-15-8-13(16-14)12-6-5-10-3-1-2-4-11(10)7-12/h1-8,17H,9H2,(H,15,16). The Hall–Kier alpha value is -1.74. The number of rotatable bonds is 2. The van der Waals surface area contributed by atoms with Crippen LogP contribution in [-0.4, -0.2) is 9.97 Å². The monoisotopic (exact) mass is 240 g/mol. The summed E-state index contributed by atoms with van der Waals surface area (Å²) >= 11 is 4.20. The number of hydrogen-bond acceptors (Lipinski definition) is 2. The number of benzene rings is 2. The molecule has 3 heteroatoms. The van der Waals surface area contributed by atoms with Gasteiger partial charge < -0.3 is 4.98 Å². The van der Waals surface area contributed by atoms with E-state index in [1.165, 1.54) is 10.8 Å². The summed E-state index contributed by atoms with van der Waals surface area (Å²) in [5.41, 5.74) is 2.20. The first-order chi connectivity index (χ1) is 8.36.